The van der Waals surface area contributed by atoms with Crippen LogP contribution in [0.4, 0.5) is 0 Å². The predicted molar refractivity (Wildman–Crippen MR) is 128 cm³/mol. The molecule has 6 atom stereocenters. The van der Waals surface area contributed by atoms with Crippen LogP contribution in [0.15, 0.2) is 72.2 Å². The summed E-state index contributed by atoms with van der Waals surface area (Å²) in [6, 6.07) is 16.5. The van der Waals surface area contributed by atoms with E-state index in [1.807, 2.05) is 12.1 Å². The molecule has 31 heavy (non-hydrogen) atoms. The number of hydrogen-bond acceptors (Lipinski definition) is 2. The van der Waals surface area contributed by atoms with Gasteiger partial charge in [-0.25, -0.2) is 0 Å². The summed E-state index contributed by atoms with van der Waals surface area (Å²) < 4.78 is 1.34. The van der Waals surface area contributed by atoms with Crippen LogP contribution in [0.3, 0.4) is 0 Å². The molecule has 3 aliphatic rings. The number of phenolic OH excluding ortho intramolecular Hbond substituents is 1. The summed E-state index contributed by atoms with van der Waals surface area (Å²) in [4.78, 5) is 2.24. The molecule has 2 fully saturated rings. The van der Waals surface area contributed by atoms with Crippen LogP contribution in [-0.4, -0.2) is 30.8 Å². The third kappa shape index (κ3) is 3.42. The van der Waals surface area contributed by atoms with Crippen LogP contribution in [0.25, 0.3) is 0 Å². The molecule has 3 heteroatoms. The molecule has 0 spiro atoms. The van der Waals surface area contributed by atoms with E-state index >= 15 is 0 Å². The van der Waals surface area contributed by atoms with Crippen molar-refractivity contribution in [3.8, 4) is 5.75 Å². The van der Waals surface area contributed by atoms with Crippen LogP contribution in [0.5, 0.6) is 5.75 Å². The van der Waals surface area contributed by atoms with Gasteiger partial charge >= 0.3 is 192 Å². The molecular weight excluding hydrogens is 447 g/mol. The summed E-state index contributed by atoms with van der Waals surface area (Å²) in [6.45, 7) is 6.55. The molecule has 2 N–H and O–H groups in total. The molecule has 2 saturated carbocycles. The molecule has 2 aromatic rings. The SMILES string of the molecule is C=C[C@H]1C[C@@]2(C)[C@@H](CC[C@@]2(O)/C=C/[Se]c2ccccc2)[C@@H]2CCc3cc(O)ccc3[C@H]21. The van der Waals surface area contributed by atoms with Gasteiger partial charge in [0.1, 0.15) is 0 Å². The van der Waals surface area contributed by atoms with Crippen LogP contribution in [0, 0.1) is 23.2 Å². The van der Waals surface area contributed by atoms with Crippen molar-refractivity contribution in [1.82, 2.24) is 0 Å². The Morgan fingerprint density at radius 3 is 2.71 bits per heavy atom. The zero-order valence-corrected chi connectivity index (χ0v) is 19.9. The fourth-order valence-corrected chi connectivity index (χ4v) is 8.63. The Morgan fingerprint density at radius 2 is 1.94 bits per heavy atom. The number of aliphatic hydroxyl groups is 1. The van der Waals surface area contributed by atoms with E-state index in [2.05, 4.69) is 67.0 Å². The molecule has 0 amide bonds. The van der Waals surface area contributed by atoms with Crippen LogP contribution in [0.2, 0.25) is 0 Å². The molecule has 0 bridgehead atoms. The molecule has 0 unspecified atom stereocenters. The third-order valence-electron chi connectivity index (χ3n) is 8.57. The Kier molecular flexibility index (Phi) is 5.41. The fourth-order valence-electron chi connectivity index (χ4n) is 7.03. The first-order valence-electron chi connectivity index (χ1n) is 11.5. The molecule has 0 aliphatic heterocycles. The summed E-state index contributed by atoms with van der Waals surface area (Å²) in [5.41, 5.74) is 1.84. The molecule has 0 saturated heterocycles. The van der Waals surface area contributed by atoms with Gasteiger partial charge in [0.15, 0.2) is 0 Å². The average molecular weight is 480 g/mol. The Balaban J connectivity index is 1.45. The molecule has 162 valence electrons. The summed E-state index contributed by atoms with van der Waals surface area (Å²) in [7, 11) is 0. The zero-order chi connectivity index (χ0) is 21.6. The average Bonchev–Trinajstić information content (AvgIpc) is 3.04. The molecule has 5 rings (SSSR count). The van der Waals surface area contributed by atoms with E-state index in [1.54, 1.807) is 0 Å². The number of hydrogen-bond donors (Lipinski definition) is 2. The Bertz CT molecular complexity index is 999. The minimum absolute atomic E-state index is 0.120. The van der Waals surface area contributed by atoms with E-state index in [9.17, 15) is 10.2 Å². The molecule has 0 heterocycles. The van der Waals surface area contributed by atoms with Gasteiger partial charge in [0, 0.05) is 0 Å². The van der Waals surface area contributed by atoms with Crippen molar-refractivity contribution in [3.63, 3.8) is 0 Å². The normalized spacial score (nSPS) is 36.6. The minimum atomic E-state index is -0.740. The number of fused-ring (bicyclic) bond motifs is 5. The Hall–Kier alpha value is -1.80. The zero-order valence-electron chi connectivity index (χ0n) is 18.2. The number of phenols is 1. The number of rotatable bonds is 4. The first-order valence-corrected chi connectivity index (χ1v) is 13.4. The quantitative estimate of drug-likeness (QED) is 0.482. The standard InChI is InChI=1S/C28H32O2Se/c1-3-19-18-27(2)25(24-11-9-20-17-21(29)10-12-23(20)26(19)24)13-14-28(27,30)15-16-31-22-7-5-4-6-8-22/h3-8,10,12,15-17,19,24-26,29-30H,1,9,11,13-14,18H2,2H3/b16-15+/t19-,24-,25-,26+,27-,28+/m0/s1. The van der Waals surface area contributed by atoms with Crippen LogP contribution < -0.4 is 4.46 Å². The van der Waals surface area contributed by atoms with Crippen molar-refractivity contribution in [3.05, 3.63) is 83.4 Å². The van der Waals surface area contributed by atoms with E-state index in [1.165, 1.54) is 15.6 Å². The van der Waals surface area contributed by atoms with Crippen LogP contribution >= 0.6 is 0 Å². The number of benzene rings is 2. The van der Waals surface area contributed by atoms with Crippen molar-refractivity contribution in [2.45, 2.75) is 50.5 Å². The maximum atomic E-state index is 11.9. The van der Waals surface area contributed by atoms with Gasteiger partial charge in [-0.05, 0) is 0 Å². The third-order valence-corrected chi connectivity index (χ3v) is 10.3. The first kappa shape index (κ1) is 21.1. The Labute approximate surface area is 192 Å². The van der Waals surface area contributed by atoms with Gasteiger partial charge in [0.05, 0.1) is 0 Å². The number of aromatic hydroxyl groups is 1. The number of aryl methyl sites for hydroxylation is 1. The predicted octanol–water partition coefficient (Wildman–Crippen LogP) is 4.93. The van der Waals surface area contributed by atoms with E-state index in [0.29, 0.717) is 29.4 Å². The second-order valence-corrected chi connectivity index (χ2v) is 12.0. The van der Waals surface area contributed by atoms with Crippen LogP contribution in [-0.2, 0) is 6.42 Å². The van der Waals surface area contributed by atoms with Gasteiger partial charge in [0.25, 0.3) is 0 Å². The molecular formula is C28H32O2Se. The summed E-state index contributed by atoms with van der Waals surface area (Å²) >= 11 is 0.242. The molecule has 2 aromatic carbocycles. The maximum absolute atomic E-state index is 11.9. The molecule has 0 radical (unpaired) electrons. The van der Waals surface area contributed by atoms with Gasteiger partial charge in [0.2, 0.25) is 0 Å². The van der Waals surface area contributed by atoms with Gasteiger partial charge in [-0.2, -0.15) is 0 Å². The monoisotopic (exact) mass is 480 g/mol. The molecule has 0 aromatic heterocycles. The van der Waals surface area contributed by atoms with Crippen molar-refractivity contribution in [2.24, 2.45) is 23.2 Å². The van der Waals surface area contributed by atoms with Crippen LogP contribution in [0.1, 0.15) is 49.7 Å². The van der Waals surface area contributed by atoms with E-state index in [0.717, 1.165) is 32.1 Å². The summed E-state index contributed by atoms with van der Waals surface area (Å²) in [6.07, 6.45) is 9.36. The van der Waals surface area contributed by atoms with Crippen molar-refractivity contribution < 1.29 is 10.2 Å². The summed E-state index contributed by atoms with van der Waals surface area (Å²) in [5, 5.41) is 21.9. The van der Waals surface area contributed by atoms with Gasteiger partial charge in [-0.1, -0.05) is 0 Å². The van der Waals surface area contributed by atoms with Crippen molar-refractivity contribution in [1.29, 1.82) is 0 Å². The molecule has 3 aliphatic carbocycles. The van der Waals surface area contributed by atoms with Gasteiger partial charge in [-0.3, -0.25) is 0 Å². The molecule has 2 nitrogen and oxygen atoms in total. The number of allylic oxidation sites excluding steroid dienone is 1. The Morgan fingerprint density at radius 1 is 1.13 bits per heavy atom. The second-order valence-electron chi connectivity index (χ2n) is 9.94. The first-order chi connectivity index (χ1) is 14.9. The van der Waals surface area contributed by atoms with Crippen molar-refractivity contribution in [2.75, 3.05) is 0 Å². The van der Waals surface area contributed by atoms with Crippen molar-refractivity contribution >= 4 is 19.4 Å². The van der Waals surface area contributed by atoms with E-state index in [4.69, 9.17) is 0 Å². The second kappa shape index (κ2) is 7.96. The van der Waals surface area contributed by atoms with Gasteiger partial charge in [-0.15, -0.1) is 0 Å². The van der Waals surface area contributed by atoms with Gasteiger partial charge < -0.3 is 0 Å². The summed E-state index contributed by atoms with van der Waals surface area (Å²) in [5.74, 6) is 2.27. The van der Waals surface area contributed by atoms with E-state index < -0.39 is 5.60 Å². The van der Waals surface area contributed by atoms with E-state index in [-0.39, 0.29) is 20.4 Å². The topological polar surface area (TPSA) is 40.5 Å². The fraction of sp³-hybridized carbons (Fsp3) is 0.429.